The Hall–Kier alpha value is -1.53. The Kier molecular flexibility index (Phi) is 5.03. The number of methoxy groups -OCH3 is 1. The molecule has 0 saturated carbocycles. The van der Waals surface area contributed by atoms with Crippen molar-refractivity contribution in [1.82, 2.24) is 9.97 Å². The first kappa shape index (κ1) is 14.9. The Morgan fingerprint density at radius 1 is 1.45 bits per heavy atom. The quantitative estimate of drug-likeness (QED) is 0.820. The molecular formula is C14H21N4OS+. The van der Waals surface area contributed by atoms with E-state index in [4.69, 9.17) is 10.5 Å². The molecule has 0 saturated heterocycles. The van der Waals surface area contributed by atoms with Crippen LogP contribution < -0.4 is 10.3 Å². The van der Waals surface area contributed by atoms with Crippen LogP contribution in [0.3, 0.4) is 0 Å². The number of rotatable bonds is 6. The van der Waals surface area contributed by atoms with Crippen LogP contribution in [0.1, 0.15) is 28.9 Å². The SMILES string of the molecule is CCc1c(CCOC)sc[n+]1Cc1cnc(C)nc1N. The summed E-state index contributed by atoms with van der Waals surface area (Å²) in [6, 6.07) is 0. The second-order valence-corrected chi connectivity index (χ2v) is 5.58. The van der Waals surface area contributed by atoms with Gasteiger partial charge in [-0.25, -0.2) is 9.97 Å². The Morgan fingerprint density at radius 3 is 2.90 bits per heavy atom. The maximum atomic E-state index is 5.97. The van der Waals surface area contributed by atoms with Crippen molar-refractivity contribution < 1.29 is 9.30 Å². The highest BCUT2D eigenvalue weighted by Crippen LogP contribution is 2.15. The van der Waals surface area contributed by atoms with Crippen LogP contribution in [0.2, 0.25) is 0 Å². The standard InChI is InChI=1S/C14H21N4OS/c1-4-12-13(5-6-19-3)20-9-18(12)8-11-7-16-10(2)17-14(11)15/h7,9H,4-6,8H2,1-3H3,(H2,15,16,17)/q+1. The van der Waals surface area contributed by atoms with Gasteiger partial charge in [0.2, 0.25) is 5.51 Å². The van der Waals surface area contributed by atoms with Crippen LogP contribution >= 0.6 is 11.3 Å². The maximum Gasteiger partial charge on any atom is 0.225 e. The van der Waals surface area contributed by atoms with Gasteiger partial charge in [0.15, 0.2) is 12.2 Å². The topological polar surface area (TPSA) is 64.9 Å². The van der Waals surface area contributed by atoms with Crippen molar-refractivity contribution in [1.29, 1.82) is 0 Å². The molecule has 0 aliphatic carbocycles. The molecule has 0 unspecified atom stereocenters. The summed E-state index contributed by atoms with van der Waals surface area (Å²) in [6.07, 6.45) is 3.77. The number of hydrogen-bond donors (Lipinski definition) is 1. The van der Waals surface area contributed by atoms with Crippen LogP contribution in [-0.4, -0.2) is 23.7 Å². The number of aromatic nitrogens is 3. The highest BCUT2D eigenvalue weighted by molar-refractivity contribution is 7.09. The van der Waals surface area contributed by atoms with E-state index >= 15 is 0 Å². The zero-order valence-corrected chi connectivity index (χ0v) is 13.0. The lowest BCUT2D eigenvalue weighted by Gasteiger charge is -2.03. The van der Waals surface area contributed by atoms with Crippen molar-refractivity contribution in [2.24, 2.45) is 0 Å². The van der Waals surface area contributed by atoms with E-state index < -0.39 is 0 Å². The summed E-state index contributed by atoms with van der Waals surface area (Å²) >= 11 is 1.77. The lowest BCUT2D eigenvalue weighted by Crippen LogP contribution is -2.37. The summed E-state index contributed by atoms with van der Waals surface area (Å²) in [4.78, 5) is 9.82. The van der Waals surface area contributed by atoms with E-state index in [2.05, 4.69) is 27.0 Å². The fourth-order valence-electron chi connectivity index (χ4n) is 2.17. The molecule has 0 aliphatic rings. The predicted octanol–water partition coefficient (Wildman–Crippen LogP) is 1.52. The second kappa shape index (κ2) is 6.76. The molecule has 5 nitrogen and oxygen atoms in total. The predicted molar refractivity (Wildman–Crippen MR) is 79.8 cm³/mol. The summed E-state index contributed by atoms with van der Waals surface area (Å²) in [7, 11) is 1.73. The lowest BCUT2D eigenvalue weighted by atomic mass is 10.2. The van der Waals surface area contributed by atoms with Gasteiger partial charge in [-0.2, -0.15) is 4.57 Å². The number of ether oxygens (including phenoxy) is 1. The maximum absolute atomic E-state index is 5.97. The summed E-state index contributed by atoms with van der Waals surface area (Å²) in [5.41, 5.74) is 10.4. The summed E-state index contributed by atoms with van der Waals surface area (Å²) in [6.45, 7) is 5.49. The van der Waals surface area contributed by atoms with E-state index in [0.29, 0.717) is 11.6 Å². The number of nitrogens with zero attached hydrogens (tertiary/aromatic N) is 3. The molecule has 6 heteroatoms. The molecule has 0 bridgehead atoms. The third-order valence-electron chi connectivity index (χ3n) is 3.22. The lowest BCUT2D eigenvalue weighted by molar-refractivity contribution is -0.690. The van der Waals surface area contributed by atoms with Gasteiger partial charge in [-0.05, 0) is 6.92 Å². The van der Waals surface area contributed by atoms with Crippen LogP contribution in [0.4, 0.5) is 5.82 Å². The van der Waals surface area contributed by atoms with Gasteiger partial charge in [-0.3, -0.25) is 0 Å². The molecule has 0 atom stereocenters. The van der Waals surface area contributed by atoms with Gasteiger partial charge in [-0.15, -0.1) is 0 Å². The molecule has 2 heterocycles. The Balaban J connectivity index is 2.22. The largest absolute Gasteiger partial charge is 0.384 e. The first-order chi connectivity index (χ1) is 9.65. The average molecular weight is 293 g/mol. The van der Waals surface area contributed by atoms with E-state index in [1.807, 2.05) is 13.1 Å². The molecule has 0 amide bonds. The van der Waals surface area contributed by atoms with Gasteiger partial charge in [-0.1, -0.05) is 18.3 Å². The zero-order valence-electron chi connectivity index (χ0n) is 12.2. The van der Waals surface area contributed by atoms with Gasteiger partial charge in [0.25, 0.3) is 0 Å². The molecule has 2 aromatic rings. The van der Waals surface area contributed by atoms with Crippen molar-refractivity contribution in [3.05, 3.63) is 33.7 Å². The average Bonchev–Trinajstić information content (AvgIpc) is 2.81. The molecule has 0 radical (unpaired) electrons. The fourth-order valence-corrected chi connectivity index (χ4v) is 3.22. The van der Waals surface area contributed by atoms with E-state index in [0.717, 1.165) is 31.6 Å². The minimum Gasteiger partial charge on any atom is -0.384 e. The smallest absolute Gasteiger partial charge is 0.225 e. The number of aryl methyl sites for hydroxylation is 1. The van der Waals surface area contributed by atoms with Gasteiger partial charge < -0.3 is 10.5 Å². The molecule has 20 heavy (non-hydrogen) atoms. The number of hydrogen-bond acceptors (Lipinski definition) is 5. The molecule has 108 valence electrons. The minimum atomic E-state index is 0.566. The Morgan fingerprint density at radius 2 is 2.25 bits per heavy atom. The van der Waals surface area contributed by atoms with E-state index in [9.17, 15) is 0 Å². The number of nitrogen functional groups attached to an aromatic ring is 1. The van der Waals surface area contributed by atoms with Crippen LogP contribution in [-0.2, 0) is 24.1 Å². The van der Waals surface area contributed by atoms with Crippen LogP contribution in [0.5, 0.6) is 0 Å². The Labute approximate surface area is 123 Å². The van der Waals surface area contributed by atoms with Crippen molar-refractivity contribution in [3.8, 4) is 0 Å². The van der Waals surface area contributed by atoms with Gasteiger partial charge in [0, 0.05) is 26.1 Å². The van der Waals surface area contributed by atoms with Crippen molar-refractivity contribution in [3.63, 3.8) is 0 Å². The van der Waals surface area contributed by atoms with Crippen molar-refractivity contribution in [2.45, 2.75) is 33.2 Å². The second-order valence-electron chi connectivity index (χ2n) is 4.65. The van der Waals surface area contributed by atoms with Crippen LogP contribution in [0.15, 0.2) is 11.7 Å². The molecule has 0 fully saturated rings. The molecule has 0 spiro atoms. The Bertz CT molecular complexity index is 583. The van der Waals surface area contributed by atoms with Crippen LogP contribution in [0.25, 0.3) is 0 Å². The molecule has 0 aromatic carbocycles. The molecular weight excluding hydrogens is 272 g/mol. The van der Waals surface area contributed by atoms with Crippen molar-refractivity contribution >= 4 is 17.2 Å². The summed E-state index contributed by atoms with van der Waals surface area (Å²) in [5, 5.41) is 0. The highest BCUT2D eigenvalue weighted by Gasteiger charge is 2.19. The number of thiazole rings is 1. The van der Waals surface area contributed by atoms with Gasteiger partial charge in [0.1, 0.15) is 11.6 Å². The third kappa shape index (κ3) is 3.32. The minimum absolute atomic E-state index is 0.566. The number of anilines is 1. The monoisotopic (exact) mass is 293 g/mol. The summed E-state index contributed by atoms with van der Waals surface area (Å²) < 4.78 is 7.40. The normalized spacial score (nSPS) is 10.9. The van der Waals surface area contributed by atoms with E-state index in [1.165, 1.54) is 10.6 Å². The molecule has 0 aliphatic heterocycles. The first-order valence-electron chi connectivity index (χ1n) is 6.71. The third-order valence-corrected chi connectivity index (χ3v) is 4.30. The van der Waals surface area contributed by atoms with Crippen LogP contribution in [0, 0.1) is 6.92 Å². The summed E-state index contributed by atoms with van der Waals surface area (Å²) in [5.74, 6) is 1.27. The molecule has 2 N–H and O–H groups in total. The first-order valence-corrected chi connectivity index (χ1v) is 7.59. The van der Waals surface area contributed by atoms with E-state index in [-0.39, 0.29) is 0 Å². The van der Waals surface area contributed by atoms with Gasteiger partial charge in [0.05, 0.1) is 17.0 Å². The number of nitrogens with two attached hydrogens (primary N) is 1. The van der Waals surface area contributed by atoms with E-state index in [1.54, 1.807) is 18.4 Å². The van der Waals surface area contributed by atoms with Crippen molar-refractivity contribution in [2.75, 3.05) is 19.5 Å². The highest BCUT2D eigenvalue weighted by atomic mass is 32.1. The zero-order chi connectivity index (χ0) is 14.5. The molecule has 2 rings (SSSR count). The van der Waals surface area contributed by atoms with Gasteiger partial charge >= 0.3 is 0 Å². The molecule has 2 aromatic heterocycles. The fraction of sp³-hybridized carbons (Fsp3) is 0.500.